The molecule has 0 bridgehead atoms. The fraction of sp³-hybridized carbons (Fsp3) is 0.588. The minimum Gasteiger partial charge on any atom is -0.495 e. The number of hydrogen-bond acceptors (Lipinski definition) is 17. The van der Waals surface area contributed by atoms with Crippen molar-refractivity contribution in [2.24, 2.45) is 22.6 Å². The minimum atomic E-state index is -0.915. The van der Waals surface area contributed by atoms with Gasteiger partial charge < -0.3 is 81.1 Å². The molecule has 586 valence electrons. The Morgan fingerprint density at radius 2 is 1.51 bits per heavy atom. The van der Waals surface area contributed by atoms with Gasteiger partial charge in [-0.2, -0.15) is 0 Å². The van der Waals surface area contributed by atoms with Gasteiger partial charge in [-0.1, -0.05) is 77.5 Å². The number of ether oxygens (including phenoxy) is 4. The lowest BCUT2D eigenvalue weighted by atomic mass is 9.90. The summed E-state index contributed by atoms with van der Waals surface area (Å²) in [4.78, 5) is 147. The van der Waals surface area contributed by atoms with Gasteiger partial charge in [-0.3, -0.25) is 43.7 Å². The average Bonchev–Trinajstić information content (AvgIpc) is 1.62. The first-order chi connectivity index (χ1) is 51.6. The van der Waals surface area contributed by atoms with E-state index >= 15 is 0 Å². The molecule has 3 saturated heterocycles. The molecule has 3 aromatic carbocycles. The molecule has 2 saturated carbocycles. The number of carbonyl (C=O) groups excluding carboxylic acids is 10. The molecule has 1 unspecified atom stereocenters. The second-order valence-corrected chi connectivity index (χ2v) is 30.6. The summed E-state index contributed by atoms with van der Waals surface area (Å²) in [5, 5.41) is 21.3. The van der Waals surface area contributed by atoms with Crippen LogP contribution in [0.2, 0.25) is 0 Å². The molecule has 9 N–H and O–H groups in total. The molecule has 0 spiro atoms. The van der Waals surface area contributed by atoms with E-state index in [-0.39, 0.29) is 123 Å². The van der Waals surface area contributed by atoms with Crippen molar-refractivity contribution in [2.45, 2.75) is 238 Å². The van der Waals surface area contributed by atoms with Crippen molar-refractivity contribution in [3.05, 3.63) is 100 Å². The number of carbonyl (C=O) groups is 10. The van der Waals surface area contributed by atoms with Crippen LogP contribution < -0.4 is 47.7 Å². The summed E-state index contributed by atoms with van der Waals surface area (Å²) in [6, 6.07) is 13.9. The second-order valence-electron chi connectivity index (χ2n) is 30.6. The third-order valence-corrected chi connectivity index (χ3v) is 21.0. The van der Waals surface area contributed by atoms with Crippen molar-refractivity contribution in [3.8, 4) is 17.6 Å². The number of alkyl carbamates (subject to hydrolysis) is 1. The van der Waals surface area contributed by atoms with Gasteiger partial charge in [0, 0.05) is 105 Å². The number of aliphatic imine (C=N–C) groups is 1. The van der Waals surface area contributed by atoms with E-state index in [1.54, 1.807) is 74.9 Å². The van der Waals surface area contributed by atoms with Gasteiger partial charge in [0.15, 0.2) is 5.96 Å². The van der Waals surface area contributed by atoms with Gasteiger partial charge in [0.05, 0.1) is 38.3 Å². The maximum Gasteiger partial charge on any atom is 0.410 e. The molecule has 6 atom stereocenters. The number of piperidine rings is 1. The Morgan fingerprint density at radius 3 is 2.19 bits per heavy atom. The zero-order chi connectivity index (χ0) is 77.9. The highest BCUT2D eigenvalue weighted by Gasteiger charge is 2.44. The monoisotopic (exact) mass is 1490 g/mol. The molecule has 28 heteroatoms. The third kappa shape index (κ3) is 22.0. The number of guanidine groups is 1. The van der Waals surface area contributed by atoms with Crippen molar-refractivity contribution in [2.75, 3.05) is 64.2 Å². The molecule has 2 aliphatic carbocycles. The number of likely N-dealkylation sites (tertiary alicyclic amines) is 2. The fourth-order valence-corrected chi connectivity index (χ4v) is 14.9. The standard InChI is InChI=1S/C80H112N14O14/c1-12-62(84-56-22-13-14-23-56)74(100)90(10)51(6)45-83-77(81)86-63-36-29-54(44-66(63)105-11)70(96)85-57-32-34-58(35-33-57)92(41-43-106-42-16-15-20-53-21-17-25-60-61(53)47-94(73(60)99)65-37-38-67(95)87-71(65)97)79(104)107-48-52-27-30-55(31-28-52)82-46-59-24-18-39-91(59)75(101)68(49(2)3)88-72(98)64-26-19-40-93(64)76(102)69(50(4)5)89-78(103)108-80(7,8)9/h17,21,25,27-31,36,44-45,49-50,56-59,62,64-65,68-69,82,84H,12-14,16,18-19,22-24,26,32-35,37-43,46-48H2,1-11H3,(H,85,96)(H,88,98)(H,89,103)(H3,81,83,86)(H,87,95,97)/b51-45+/t57?,58?,59-,62+,64-,65?,68-,69-/m0/s1. The van der Waals surface area contributed by atoms with Crippen LogP contribution in [0.5, 0.6) is 5.75 Å². The molecule has 28 nitrogen and oxygen atoms in total. The molecule has 0 aromatic heterocycles. The Morgan fingerprint density at radius 1 is 0.815 bits per heavy atom. The molecule has 5 fully saturated rings. The van der Waals surface area contributed by atoms with E-state index in [9.17, 15) is 47.9 Å². The molecular formula is C80H112N14O14. The lowest BCUT2D eigenvalue weighted by Gasteiger charge is -2.36. The molecule has 108 heavy (non-hydrogen) atoms. The Kier molecular flexibility index (Phi) is 29.2. The van der Waals surface area contributed by atoms with Crippen LogP contribution in [0.1, 0.15) is 202 Å². The molecule has 4 heterocycles. The average molecular weight is 1490 g/mol. The van der Waals surface area contributed by atoms with Crippen LogP contribution >= 0.6 is 0 Å². The van der Waals surface area contributed by atoms with Crippen LogP contribution in [0.15, 0.2) is 77.6 Å². The molecule has 9 rings (SSSR count). The first-order valence-corrected chi connectivity index (χ1v) is 38.4. The summed E-state index contributed by atoms with van der Waals surface area (Å²) in [5.41, 5.74) is 10.4. The van der Waals surface area contributed by atoms with Gasteiger partial charge >= 0.3 is 12.2 Å². The van der Waals surface area contributed by atoms with E-state index in [0.717, 1.165) is 42.5 Å². The lowest BCUT2D eigenvalue weighted by Crippen LogP contribution is -2.59. The number of anilines is 2. The van der Waals surface area contributed by atoms with Gasteiger partial charge in [-0.15, -0.1) is 0 Å². The van der Waals surface area contributed by atoms with Gasteiger partial charge in [0.25, 0.3) is 11.8 Å². The van der Waals surface area contributed by atoms with Crippen LogP contribution in [0, 0.1) is 23.7 Å². The number of amides is 10. The van der Waals surface area contributed by atoms with Crippen LogP contribution in [0.4, 0.5) is 21.0 Å². The van der Waals surface area contributed by atoms with Crippen LogP contribution in [-0.2, 0) is 56.1 Å². The van der Waals surface area contributed by atoms with Crippen LogP contribution in [0.3, 0.4) is 0 Å². The van der Waals surface area contributed by atoms with Gasteiger partial charge in [-0.25, -0.2) is 14.6 Å². The van der Waals surface area contributed by atoms with Crippen LogP contribution in [-0.4, -0.2) is 203 Å². The van der Waals surface area contributed by atoms with E-state index in [2.05, 4.69) is 54.1 Å². The van der Waals surface area contributed by atoms with Crippen molar-refractivity contribution >= 4 is 76.8 Å². The zero-order valence-electron chi connectivity index (χ0n) is 64.6. The van der Waals surface area contributed by atoms with E-state index in [1.165, 1.54) is 36.0 Å². The summed E-state index contributed by atoms with van der Waals surface area (Å²) in [6.45, 7) is 18.5. The summed E-state index contributed by atoms with van der Waals surface area (Å²) in [7, 11) is 3.21. The van der Waals surface area contributed by atoms with Crippen LogP contribution in [0.25, 0.3) is 0 Å². The first-order valence-electron chi connectivity index (χ1n) is 38.4. The molecule has 4 aliphatic heterocycles. The SMILES string of the molecule is CC[C@@H](NC1CCCC1)C(=O)N(C)/C(C)=C/N=C(N)Nc1ccc(C(=O)NC2CCC(N(CCOCCC#Cc3cccc4c3CN(C3CCC(=O)NC3=O)C4=O)C(=O)OCc3ccc(NC[C@@H]4CCCN4C(=O)[C@@H](NC(=O)[C@@H]4CCCN4C(=O)[C@@H](NC(=O)OC(C)(C)C)C(C)C)C(C)C)cc3)CC2)cc1OC. The van der Waals surface area contributed by atoms with Crippen molar-refractivity contribution in [3.63, 3.8) is 0 Å². The number of nitrogens with two attached hydrogens (primary N) is 1. The number of imide groups is 1. The van der Waals surface area contributed by atoms with Crippen molar-refractivity contribution in [1.29, 1.82) is 0 Å². The Balaban J connectivity index is 0.784. The van der Waals surface area contributed by atoms with E-state index in [4.69, 9.17) is 24.7 Å². The minimum absolute atomic E-state index is 0.0235. The number of allylic oxidation sites excluding steroid dienone is 1. The molecule has 6 aliphatic rings. The van der Waals surface area contributed by atoms with Gasteiger partial charge in [0.1, 0.15) is 42.1 Å². The number of fused-ring (bicyclic) bond motifs is 1. The molecule has 0 radical (unpaired) electrons. The molecule has 3 aromatic rings. The maximum atomic E-state index is 14.4. The predicted octanol–water partition coefficient (Wildman–Crippen LogP) is 8.04. The Bertz CT molecular complexity index is 3850. The predicted molar refractivity (Wildman–Crippen MR) is 409 cm³/mol. The van der Waals surface area contributed by atoms with E-state index in [0.29, 0.717) is 111 Å². The molecular weight excluding hydrogens is 1380 g/mol. The highest BCUT2D eigenvalue weighted by Crippen LogP contribution is 2.32. The number of rotatable bonds is 29. The smallest absolute Gasteiger partial charge is 0.410 e. The Hall–Kier alpha value is -9.75. The van der Waals surface area contributed by atoms with Gasteiger partial charge in [-0.05, 0) is 170 Å². The van der Waals surface area contributed by atoms with E-state index in [1.807, 2.05) is 69.9 Å². The summed E-state index contributed by atoms with van der Waals surface area (Å²) in [5.74, 6) is 3.75. The number of nitrogens with one attached hydrogen (secondary N) is 7. The summed E-state index contributed by atoms with van der Waals surface area (Å²) in [6.07, 6.45) is 11.0. The van der Waals surface area contributed by atoms with Crippen molar-refractivity contribution in [1.82, 2.24) is 51.1 Å². The zero-order valence-corrected chi connectivity index (χ0v) is 64.6. The number of benzene rings is 3. The quantitative estimate of drug-likeness (QED) is 0.0107. The highest BCUT2D eigenvalue weighted by atomic mass is 16.6. The number of likely N-dealkylation sites (N-methyl/N-ethyl adjacent to an activating group) is 1. The second kappa shape index (κ2) is 38.4. The third-order valence-electron chi connectivity index (χ3n) is 21.0. The summed E-state index contributed by atoms with van der Waals surface area (Å²) >= 11 is 0. The maximum absolute atomic E-state index is 14.4. The highest BCUT2D eigenvalue weighted by molar-refractivity contribution is 6.06. The number of methoxy groups -OCH3 is 1. The fourth-order valence-electron chi connectivity index (χ4n) is 14.9. The van der Waals surface area contributed by atoms with E-state index < -0.39 is 53.8 Å². The van der Waals surface area contributed by atoms with Crippen molar-refractivity contribution < 1.29 is 66.9 Å². The summed E-state index contributed by atoms with van der Waals surface area (Å²) < 4.78 is 23.3. The number of nitrogens with zero attached hydrogens (tertiary/aromatic N) is 6. The first kappa shape index (κ1) is 82.3. The lowest BCUT2D eigenvalue weighted by molar-refractivity contribution is -0.143. The molecule has 10 amide bonds. The normalized spacial score (nSPS) is 20.6. The Labute approximate surface area is 634 Å². The topological polar surface area (TPSA) is 346 Å². The van der Waals surface area contributed by atoms with Gasteiger partial charge in [0.2, 0.25) is 35.4 Å². The number of hydrogen-bond donors (Lipinski definition) is 8. The largest absolute Gasteiger partial charge is 0.495 e.